The van der Waals surface area contributed by atoms with E-state index in [4.69, 9.17) is 23.2 Å². The number of benzene rings is 2. The van der Waals surface area contributed by atoms with Crippen LogP contribution in [0.15, 0.2) is 36.4 Å². The molecule has 1 aliphatic heterocycles. The number of halogens is 4. The summed E-state index contributed by atoms with van der Waals surface area (Å²) in [5.41, 5.74) is -1.43. The molecule has 4 rings (SSSR count). The van der Waals surface area contributed by atoms with Gasteiger partial charge in [0, 0.05) is 17.0 Å². The van der Waals surface area contributed by atoms with Gasteiger partial charge < -0.3 is 10.0 Å². The average molecular weight is 507 g/mol. The van der Waals surface area contributed by atoms with Crippen molar-refractivity contribution in [3.05, 3.63) is 63.6 Å². The molecule has 2 aromatic rings. The smallest absolute Gasteiger partial charge is 0.326 e. The monoisotopic (exact) mass is 506 g/mol. The van der Waals surface area contributed by atoms with Crippen LogP contribution in [0, 0.1) is 34.8 Å². The summed E-state index contributed by atoms with van der Waals surface area (Å²) in [5, 5.41) is 20.8. The Balaban J connectivity index is 1.97. The van der Waals surface area contributed by atoms with Gasteiger partial charge in [0.1, 0.15) is 17.3 Å². The van der Waals surface area contributed by atoms with Gasteiger partial charge in [-0.25, -0.2) is 13.6 Å². The van der Waals surface area contributed by atoms with Crippen molar-refractivity contribution < 1.29 is 18.7 Å². The standard InChI is InChI=1S/C26H26Cl2F2N2O2/c1-15(16-6-3-2-4-7-16)24-26(14-31,18-11-10-17(27)12-20(18)29)13-22(25(33)34)32(24)21-9-5-8-19(28)23(21)30/h5,8-12,15-16,22,24H,2-4,6-7,13H2,1H3,(H,33,34)/t15?,22-,24+,26-/m1/s1. The summed E-state index contributed by atoms with van der Waals surface area (Å²) < 4.78 is 30.6. The first-order valence-electron chi connectivity index (χ1n) is 11.5. The zero-order valence-corrected chi connectivity index (χ0v) is 20.3. The molecule has 4 atom stereocenters. The fourth-order valence-corrected chi connectivity index (χ4v) is 6.41. The zero-order chi connectivity index (χ0) is 24.6. The molecule has 1 heterocycles. The quantitative estimate of drug-likeness (QED) is 0.474. The molecule has 34 heavy (non-hydrogen) atoms. The lowest BCUT2D eigenvalue weighted by Crippen LogP contribution is -2.51. The van der Waals surface area contributed by atoms with E-state index >= 15 is 8.78 Å². The summed E-state index contributed by atoms with van der Waals surface area (Å²) in [5.74, 6) is -2.64. The molecule has 4 nitrogen and oxygen atoms in total. The van der Waals surface area contributed by atoms with Gasteiger partial charge in [-0.2, -0.15) is 5.26 Å². The van der Waals surface area contributed by atoms with Gasteiger partial charge >= 0.3 is 5.97 Å². The number of nitriles is 1. The van der Waals surface area contributed by atoms with Gasteiger partial charge in [0.25, 0.3) is 0 Å². The van der Waals surface area contributed by atoms with Crippen LogP contribution < -0.4 is 4.90 Å². The molecule has 0 bridgehead atoms. The van der Waals surface area contributed by atoms with Gasteiger partial charge in [-0.3, -0.25) is 0 Å². The Morgan fingerprint density at radius 1 is 1.21 bits per heavy atom. The van der Waals surface area contributed by atoms with E-state index in [0.717, 1.165) is 38.2 Å². The molecular formula is C26H26Cl2F2N2O2. The molecule has 2 aromatic carbocycles. The number of nitrogens with zero attached hydrogens (tertiary/aromatic N) is 2. The van der Waals surface area contributed by atoms with Crippen LogP contribution in [0.2, 0.25) is 10.0 Å². The van der Waals surface area contributed by atoms with E-state index in [2.05, 4.69) is 6.07 Å². The molecule has 8 heteroatoms. The van der Waals surface area contributed by atoms with E-state index in [1.165, 1.54) is 29.2 Å². The van der Waals surface area contributed by atoms with Gasteiger partial charge in [0.05, 0.1) is 22.8 Å². The Morgan fingerprint density at radius 3 is 2.53 bits per heavy atom. The summed E-state index contributed by atoms with van der Waals surface area (Å²) in [6.07, 6.45) is 4.84. The van der Waals surface area contributed by atoms with Crippen LogP contribution in [0.5, 0.6) is 0 Å². The Morgan fingerprint density at radius 2 is 1.91 bits per heavy atom. The fraction of sp³-hybridized carbons (Fsp3) is 0.462. The zero-order valence-electron chi connectivity index (χ0n) is 18.8. The molecule has 2 aliphatic rings. The summed E-state index contributed by atoms with van der Waals surface area (Å²) in [7, 11) is 0. The van der Waals surface area contributed by atoms with Crippen LogP contribution >= 0.6 is 23.2 Å². The largest absolute Gasteiger partial charge is 0.480 e. The molecule has 0 amide bonds. The van der Waals surface area contributed by atoms with E-state index < -0.39 is 35.1 Å². The number of hydrogen-bond donors (Lipinski definition) is 1. The summed E-state index contributed by atoms with van der Waals surface area (Å²) in [4.78, 5) is 14.0. The van der Waals surface area contributed by atoms with E-state index in [1.54, 1.807) is 6.07 Å². The van der Waals surface area contributed by atoms with Gasteiger partial charge in [0.15, 0.2) is 5.82 Å². The van der Waals surface area contributed by atoms with Crippen molar-refractivity contribution in [2.75, 3.05) is 4.90 Å². The summed E-state index contributed by atoms with van der Waals surface area (Å²) in [6.45, 7) is 1.97. The first-order valence-corrected chi connectivity index (χ1v) is 12.3. The highest BCUT2D eigenvalue weighted by Gasteiger charge is 2.60. The van der Waals surface area contributed by atoms with Gasteiger partial charge in [-0.15, -0.1) is 0 Å². The molecule has 1 aliphatic carbocycles. The summed E-state index contributed by atoms with van der Waals surface area (Å²) >= 11 is 12.1. The predicted octanol–water partition coefficient (Wildman–Crippen LogP) is 6.98. The maximum absolute atomic E-state index is 15.3. The normalized spacial score (nSPS) is 26.3. The van der Waals surface area contributed by atoms with Gasteiger partial charge in [-0.05, 0) is 36.1 Å². The highest BCUT2D eigenvalue weighted by molar-refractivity contribution is 6.31. The second kappa shape index (κ2) is 9.71. The van der Waals surface area contributed by atoms with Gasteiger partial charge in [-0.1, -0.05) is 74.4 Å². The van der Waals surface area contributed by atoms with Crippen molar-refractivity contribution in [1.82, 2.24) is 0 Å². The Bertz CT molecular complexity index is 1130. The second-order valence-electron chi connectivity index (χ2n) is 9.45. The third-order valence-corrected chi connectivity index (χ3v) is 8.18. The van der Waals surface area contributed by atoms with Crippen LogP contribution in [0.4, 0.5) is 14.5 Å². The molecule has 0 spiro atoms. The highest BCUT2D eigenvalue weighted by atomic mass is 35.5. The Hall–Kier alpha value is -2.36. The molecule has 1 N–H and O–H groups in total. The number of rotatable bonds is 5. The summed E-state index contributed by atoms with van der Waals surface area (Å²) in [6, 6.07) is 8.79. The molecule has 0 aromatic heterocycles. The molecule has 1 saturated heterocycles. The maximum Gasteiger partial charge on any atom is 0.326 e. The number of carboxylic acid groups (broad SMARTS) is 1. The number of anilines is 1. The Labute approximate surface area is 208 Å². The van der Waals surface area contributed by atoms with Crippen LogP contribution in [0.3, 0.4) is 0 Å². The van der Waals surface area contributed by atoms with E-state index in [9.17, 15) is 15.2 Å². The molecular weight excluding hydrogens is 481 g/mol. The predicted molar refractivity (Wildman–Crippen MR) is 128 cm³/mol. The molecule has 180 valence electrons. The molecule has 0 radical (unpaired) electrons. The topological polar surface area (TPSA) is 64.3 Å². The van der Waals surface area contributed by atoms with Crippen molar-refractivity contribution in [2.24, 2.45) is 11.8 Å². The van der Waals surface area contributed by atoms with Crippen molar-refractivity contribution >= 4 is 34.9 Å². The SMILES string of the molecule is CC(C1CCCCC1)[C@@H]1N(c2cccc(Cl)c2F)[C@@H](C(=O)O)C[C@@]1(C#N)c1ccc(Cl)cc1F. The number of aliphatic carboxylic acids is 1. The lowest BCUT2D eigenvalue weighted by Gasteiger charge is -2.43. The fourth-order valence-electron chi connectivity index (χ4n) is 6.08. The lowest BCUT2D eigenvalue weighted by atomic mass is 9.66. The third-order valence-electron chi connectivity index (χ3n) is 7.65. The van der Waals surface area contributed by atoms with Crippen LogP contribution in [-0.4, -0.2) is 23.2 Å². The average Bonchev–Trinajstić information content (AvgIpc) is 3.17. The number of carboxylic acids is 1. The molecule has 1 saturated carbocycles. The third kappa shape index (κ3) is 4.14. The van der Waals surface area contributed by atoms with E-state index in [0.29, 0.717) is 0 Å². The molecule has 1 unspecified atom stereocenters. The molecule has 2 fully saturated rings. The minimum absolute atomic E-state index is 0.0130. The van der Waals surface area contributed by atoms with Crippen LogP contribution in [0.25, 0.3) is 0 Å². The minimum Gasteiger partial charge on any atom is -0.480 e. The van der Waals surface area contributed by atoms with Crippen LogP contribution in [-0.2, 0) is 10.2 Å². The number of hydrogen-bond acceptors (Lipinski definition) is 3. The van der Waals surface area contributed by atoms with Crippen molar-refractivity contribution in [1.29, 1.82) is 5.26 Å². The maximum atomic E-state index is 15.3. The van der Waals surface area contributed by atoms with Gasteiger partial charge in [0.2, 0.25) is 0 Å². The first-order chi connectivity index (χ1) is 16.2. The Kier molecular flexibility index (Phi) is 7.07. The number of carbonyl (C=O) groups is 1. The highest BCUT2D eigenvalue weighted by Crippen LogP contribution is 2.52. The van der Waals surface area contributed by atoms with Crippen molar-refractivity contribution in [3.8, 4) is 6.07 Å². The first kappa shape index (κ1) is 24.8. The van der Waals surface area contributed by atoms with E-state index in [-0.39, 0.29) is 39.6 Å². The van der Waals surface area contributed by atoms with Crippen molar-refractivity contribution in [2.45, 2.75) is 62.9 Å². The van der Waals surface area contributed by atoms with E-state index in [1.807, 2.05) is 6.92 Å². The van der Waals surface area contributed by atoms with Crippen LogP contribution in [0.1, 0.15) is 51.0 Å². The second-order valence-corrected chi connectivity index (χ2v) is 10.3. The minimum atomic E-state index is -1.52. The lowest BCUT2D eigenvalue weighted by molar-refractivity contribution is -0.138. The van der Waals surface area contributed by atoms with Crippen molar-refractivity contribution in [3.63, 3.8) is 0 Å².